The number of likely N-dealkylation sites (N-methyl/N-ethyl adjacent to an activating group) is 1. The number of ether oxygens (including phenoxy) is 1. The summed E-state index contributed by atoms with van der Waals surface area (Å²) in [7, 11) is 2.07. The van der Waals surface area contributed by atoms with Gasteiger partial charge in [-0.1, -0.05) is 0 Å². The van der Waals surface area contributed by atoms with Crippen LogP contribution in [0.5, 0.6) is 0 Å². The second kappa shape index (κ2) is 4.58. The van der Waals surface area contributed by atoms with Crippen LogP contribution in [0.15, 0.2) is 0 Å². The predicted octanol–water partition coefficient (Wildman–Crippen LogP) is -0.158. The highest BCUT2D eigenvalue weighted by atomic mass is 16.5. The maximum atomic E-state index is 10.8. The Labute approximate surface area is 79.2 Å². The van der Waals surface area contributed by atoms with Gasteiger partial charge in [-0.2, -0.15) is 0 Å². The van der Waals surface area contributed by atoms with Crippen LogP contribution in [0.4, 0.5) is 0 Å². The normalized spacial score (nSPS) is 26.8. The van der Waals surface area contributed by atoms with Crippen molar-refractivity contribution in [1.82, 2.24) is 10.2 Å². The van der Waals surface area contributed by atoms with E-state index in [4.69, 9.17) is 4.74 Å². The van der Waals surface area contributed by atoms with Crippen LogP contribution in [0.2, 0.25) is 0 Å². The third-order valence-corrected chi connectivity index (χ3v) is 2.29. The van der Waals surface area contributed by atoms with E-state index < -0.39 is 0 Å². The third-order valence-electron chi connectivity index (χ3n) is 2.29. The summed E-state index contributed by atoms with van der Waals surface area (Å²) in [6.45, 7) is 6.13. The highest BCUT2D eigenvalue weighted by Gasteiger charge is 2.23. The molecule has 0 bridgehead atoms. The van der Waals surface area contributed by atoms with E-state index in [0.717, 1.165) is 19.7 Å². The molecule has 1 N–H and O–H groups in total. The molecule has 76 valence electrons. The van der Waals surface area contributed by atoms with E-state index in [-0.39, 0.29) is 18.1 Å². The number of hydrogen-bond acceptors (Lipinski definition) is 3. The molecule has 0 saturated carbocycles. The van der Waals surface area contributed by atoms with Crippen LogP contribution in [0, 0.1) is 0 Å². The molecule has 0 aliphatic carbocycles. The smallest absolute Gasteiger partial charge is 0.217 e. The van der Waals surface area contributed by atoms with Gasteiger partial charge in [0.1, 0.15) is 0 Å². The maximum Gasteiger partial charge on any atom is 0.217 e. The Morgan fingerprint density at radius 2 is 2.38 bits per heavy atom. The van der Waals surface area contributed by atoms with Gasteiger partial charge in [0, 0.05) is 20.0 Å². The van der Waals surface area contributed by atoms with Crippen molar-refractivity contribution >= 4 is 5.91 Å². The van der Waals surface area contributed by atoms with E-state index in [1.807, 2.05) is 6.92 Å². The molecule has 1 fully saturated rings. The van der Waals surface area contributed by atoms with Gasteiger partial charge in [-0.25, -0.2) is 0 Å². The molecule has 2 atom stereocenters. The number of rotatable bonds is 2. The molecule has 0 aromatic carbocycles. The molecule has 1 aliphatic heterocycles. The van der Waals surface area contributed by atoms with E-state index >= 15 is 0 Å². The molecular formula is C9H18N2O2. The molecule has 1 rings (SSSR count). The van der Waals surface area contributed by atoms with Crippen molar-refractivity contribution in [3.05, 3.63) is 0 Å². The van der Waals surface area contributed by atoms with Crippen molar-refractivity contribution in [3.63, 3.8) is 0 Å². The van der Waals surface area contributed by atoms with E-state index in [2.05, 4.69) is 17.3 Å². The van der Waals surface area contributed by atoms with E-state index in [1.165, 1.54) is 6.92 Å². The molecule has 0 radical (unpaired) electrons. The number of carbonyl (C=O) groups excluding carboxylic acids is 1. The second-order valence-corrected chi connectivity index (χ2v) is 3.66. The van der Waals surface area contributed by atoms with Crippen molar-refractivity contribution in [2.75, 3.05) is 26.7 Å². The molecule has 2 unspecified atom stereocenters. The monoisotopic (exact) mass is 186 g/mol. The highest BCUT2D eigenvalue weighted by molar-refractivity contribution is 5.73. The highest BCUT2D eigenvalue weighted by Crippen LogP contribution is 2.06. The standard InChI is InChI=1S/C9H18N2O2/c1-7(10-8(2)12)9-6-11(3)4-5-13-9/h7,9H,4-6H2,1-3H3,(H,10,12). The Balaban J connectivity index is 2.36. The molecule has 1 amide bonds. The van der Waals surface area contributed by atoms with E-state index in [9.17, 15) is 4.79 Å². The van der Waals surface area contributed by atoms with E-state index in [0.29, 0.717) is 0 Å². The summed E-state index contributed by atoms with van der Waals surface area (Å²) in [5, 5.41) is 2.84. The van der Waals surface area contributed by atoms with E-state index in [1.54, 1.807) is 0 Å². The average Bonchev–Trinajstić information content (AvgIpc) is 2.03. The van der Waals surface area contributed by atoms with Crippen molar-refractivity contribution in [2.45, 2.75) is 26.0 Å². The zero-order valence-electron chi connectivity index (χ0n) is 8.54. The first kappa shape index (κ1) is 10.5. The van der Waals surface area contributed by atoms with Gasteiger partial charge in [0.15, 0.2) is 0 Å². The minimum absolute atomic E-state index is 0.00401. The molecule has 4 nitrogen and oxygen atoms in total. The van der Waals surface area contributed by atoms with Crippen LogP contribution < -0.4 is 5.32 Å². The Morgan fingerprint density at radius 1 is 1.69 bits per heavy atom. The minimum atomic E-state index is 0.00401. The van der Waals surface area contributed by atoms with Gasteiger partial charge in [0.2, 0.25) is 5.91 Å². The largest absolute Gasteiger partial charge is 0.373 e. The molecule has 1 heterocycles. The van der Waals surface area contributed by atoms with Gasteiger partial charge in [-0.15, -0.1) is 0 Å². The first-order chi connectivity index (χ1) is 6.09. The van der Waals surface area contributed by atoms with Crippen LogP contribution in [0.1, 0.15) is 13.8 Å². The first-order valence-electron chi connectivity index (χ1n) is 4.67. The molecular weight excluding hydrogens is 168 g/mol. The fourth-order valence-electron chi connectivity index (χ4n) is 1.53. The van der Waals surface area contributed by atoms with Gasteiger partial charge in [0.25, 0.3) is 0 Å². The molecule has 13 heavy (non-hydrogen) atoms. The number of nitrogens with zero attached hydrogens (tertiary/aromatic N) is 1. The summed E-state index contributed by atoms with van der Waals surface area (Å²) in [4.78, 5) is 13.0. The minimum Gasteiger partial charge on any atom is -0.373 e. The van der Waals surface area contributed by atoms with Crippen molar-refractivity contribution in [1.29, 1.82) is 0 Å². The summed E-state index contributed by atoms with van der Waals surface area (Å²) in [6.07, 6.45) is 0.127. The lowest BCUT2D eigenvalue weighted by molar-refractivity contribution is -0.121. The fourth-order valence-corrected chi connectivity index (χ4v) is 1.53. The first-order valence-corrected chi connectivity index (χ1v) is 4.67. The number of hydrogen-bond donors (Lipinski definition) is 1. The summed E-state index contributed by atoms with van der Waals surface area (Å²) in [5.41, 5.74) is 0. The SMILES string of the molecule is CC(=O)NC(C)C1CN(C)CCO1. The Bertz CT molecular complexity index is 184. The van der Waals surface area contributed by atoms with Gasteiger partial charge < -0.3 is 15.0 Å². The number of carbonyl (C=O) groups is 1. The van der Waals surface area contributed by atoms with Crippen LogP contribution in [0.3, 0.4) is 0 Å². The Morgan fingerprint density at radius 3 is 2.92 bits per heavy atom. The number of nitrogens with one attached hydrogen (secondary N) is 1. The Kier molecular flexibility index (Phi) is 3.69. The molecule has 1 saturated heterocycles. The molecule has 0 aromatic rings. The number of morpholine rings is 1. The Hall–Kier alpha value is -0.610. The molecule has 0 aromatic heterocycles. The predicted molar refractivity (Wildman–Crippen MR) is 50.5 cm³/mol. The summed E-state index contributed by atoms with van der Waals surface area (Å²) in [5.74, 6) is 0.00401. The van der Waals surface area contributed by atoms with Crippen LogP contribution in [0.25, 0.3) is 0 Å². The van der Waals surface area contributed by atoms with Crippen molar-refractivity contribution in [3.8, 4) is 0 Å². The zero-order chi connectivity index (χ0) is 9.84. The summed E-state index contributed by atoms with van der Waals surface area (Å²) >= 11 is 0. The van der Waals surface area contributed by atoms with Gasteiger partial charge >= 0.3 is 0 Å². The maximum absolute atomic E-state index is 10.8. The van der Waals surface area contributed by atoms with Gasteiger partial charge in [-0.3, -0.25) is 4.79 Å². The summed E-state index contributed by atoms with van der Waals surface area (Å²) in [6, 6.07) is 0.0975. The molecule has 0 spiro atoms. The van der Waals surface area contributed by atoms with Crippen LogP contribution in [-0.4, -0.2) is 49.7 Å². The topological polar surface area (TPSA) is 41.6 Å². The van der Waals surface area contributed by atoms with Crippen molar-refractivity contribution < 1.29 is 9.53 Å². The fraction of sp³-hybridized carbons (Fsp3) is 0.889. The lowest BCUT2D eigenvalue weighted by atomic mass is 10.1. The summed E-state index contributed by atoms with van der Waals surface area (Å²) < 4.78 is 5.55. The van der Waals surface area contributed by atoms with Gasteiger partial charge in [0.05, 0.1) is 18.8 Å². The van der Waals surface area contributed by atoms with Gasteiger partial charge in [-0.05, 0) is 14.0 Å². The molecule has 1 aliphatic rings. The number of amides is 1. The quantitative estimate of drug-likeness (QED) is 0.651. The zero-order valence-corrected chi connectivity index (χ0v) is 8.54. The second-order valence-electron chi connectivity index (χ2n) is 3.66. The van der Waals surface area contributed by atoms with Crippen LogP contribution in [-0.2, 0) is 9.53 Å². The lowest BCUT2D eigenvalue weighted by Gasteiger charge is -2.33. The molecule has 4 heteroatoms. The average molecular weight is 186 g/mol. The third kappa shape index (κ3) is 3.32. The van der Waals surface area contributed by atoms with Crippen molar-refractivity contribution in [2.24, 2.45) is 0 Å². The lowest BCUT2D eigenvalue weighted by Crippen LogP contribution is -2.50. The van der Waals surface area contributed by atoms with Crippen LogP contribution >= 0.6 is 0 Å².